The maximum Gasteiger partial charge on any atom is 0.220 e. The molecule has 0 aliphatic carbocycles. The molecule has 1 heterocycles. The van der Waals surface area contributed by atoms with Gasteiger partial charge in [-0.3, -0.25) is 4.79 Å². The Bertz CT molecular complexity index is 345. The minimum atomic E-state index is 0.111. The van der Waals surface area contributed by atoms with Crippen LogP contribution in [-0.4, -0.2) is 12.5 Å². The molecule has 1 aromatic heterocycles. The van der Waals surface area contributed by atoms with Crippen molar-refractivity contribution in [1.29, 1.82) is 0 Å². The molecule has 2 atom stereocenters. The van der Waals surface area contributed by atoms with Gasteiger partial charge in [-0.05, 0) is 29.8 Å². The lowest BCUT2D eigenvalue weighted by Gasteiger charge is -2.22. The molecule has 3 N–H and O–H groups in total. The Morgan fingerprint density at radius 2 is 2.22 bits per heavy atom. The quantitative estimate of drug-likeness (QED) is 0.799. The Labute approximate surface area is 114 Å². The first kappa shape index (κ1) is 15.2. The molecule has 0 radical (unpaired) electrons. The number of thiophene rings is 1. The summed E-state index contributed by atoms with van der Waals surface area (Å²) in [5, 5.41) is 5.18. The fourth-order valence-corrected chi connectivity index (χ4v) is 2.87. The Morgan fingerprint density at radius 3 is 2.67 bits per heavy atom. The molecular weight excluding hydrogens is 244 g/mol. The Morgan fingerprint density at radius 1 is 1.50 bits per heavy atom. The molecule has 18 heavy (non-hydrogen) atoms. The molecule has 0 spiro atoms. The summed E-state index contributed by atoms with van der Waals surface area (Å²) in [7, 11) is 0. The van der Waals surface area contributed by atoms with E-state index in [1.54, 1.807) is 11.3 Å². The van der Waals surface area contributed by atoms with Crippen LogP contribution in [0.15, 0.2) is 17.5 Å². The zero-order valence-corrected chi connectivity index (χ0v) is 12.3. The lowest BCUT2D eigenvalue weighted by atomic mass is 9.99. The van der Waals surface area contributed by atoms with Crippen LogP contribution >= 0.6 is 11.3 Å². The minimum Gasteiger partial charge on any atom is -0.348 e. The van der Waals surface area contributed by atoms with Gasteiger partial charge in [-0.2, -0.15) is 0 Å². The molecule has 102 valence electrons. The summed E-state index contributed by atoms with van der Waals surface area (Å²) in [6.45, 7) is 6.91. The van der Waals surface area contributed by atoms with Gasteiger partial charge >= 0.3 is 0 Å². The second kappa shape index (κ2) is 7.54. The van der Waals surface area contributed by atoms with Crippen LogP contribution in [0.25, 0.3) is 0 Å². The summed E-state index contributed by atoms with van der Waals surface area (Å²) < 4.78 is 0. The van der Waals surface area contributed by atoms with Crippen molar-refractivity contribution in [3.63, 3.8) is 0 Å². The Balaban J connectivity index is 2.59. The topological polar surface area (TPSA) is 55.1 Å². The van der Waals surface area contributed by atoms with E-state index in [4.69, 9.17) is 5.73 Å². The number of hydrogen-bond donors (Lipinski definition) is 2. The lowest BCUT2D eigenvalue weighted by molar-refractivity contribution is -0.123. The highest BCUT2D eigenvalue weighted by molar-refractivity contribution is 7.10. The number of carbonyl (C=O) groups excluding carboxylic acids is 1. The third-order valence-electron chi connectivity index (χ3n) is 3.22. The van der Waals surface area contributed by atoms with Crippen molar-refractivity contribution in [1.82, 2.24) is 5.32 Å². The smallest absolute Gasteiger partial charge is 0.220 e. The normalized spacial score (nSPS) is 14.5. The molecule has 1 aromatic rings. The number of hydrogen-bond acceptors (Lipinski definition) is 3. The molecule has 0 aliphatic rings. The van der Waals surface area contributed by atoms with E-state index < -0.39 is 0 Å². The largest absolute Gasteiger partial charge is 0.348 e. The van der Waals surface area contributed by atoms with Crippen molar-refractivity contribution >= 4 is 17.2 Å². The first-order chi connectivity index (χ1) is 8.58. The molecule has 0 fully saturated rings. The van der Waals surface area contributed by atoms with E-state index in [0.29, 0.717) is 24.8 Å². The van der Waals surface area contributed by atoms with Crippen molar-refractivity contribution in [2.24, 2.45) is 17.6 Å². The van der Waals surface area contributed by atoms with Gasteiger partial charge in [0.1, 0.15) is 0 Å². The minimum absolute atomic E-state index is 0.111. The average Bonchev–Trinajstić information content (AvgIpc) is 2.86. The lowest BCUT2D eigenvalue weighted by Crippen LogP contribution is -2.33. The fraction of sp³-hybridized carbons (Fsp3) is 0.643. The second-order valence-corrected chi connectivity index (χ2v) is 6.00. The molecule has 0 aromatic carbocycles. The summed E-state index contributed by atoms with van der Waals surface area (Å²) in [5.74, 6) is 0.797. The van der Waals surface area contributed by atoms with Crippen LogP contribution in [0, 0.1) is 11.8 Å². The molecular formula is C14H24N2OS. The van der Waals surface area contributed by atoms with E-state index in [9.17, 15) is 4.79 Å². The summed E-state index contributed by atoms with van der Waals surface area (Å²) in [4.78, 5) is 13.2. The van der Waals surface area contributed by atoms with Crippen molar-refractivity contribution in [2.45, 2.75) is 39.7 Å². The van der Waals surface area contributed by atoms with Gasteiger partial charge in [0.15, 0.2) is 0 Å². The summed E-state index contributed by atoms with van der Waals surface area (Å²) in [5.41, 5.74) is 5.64. The van der Waals surface area contributed by atoms with Gasteiger partial charge in [0.25, 0.3) is 0 Å². The van der Waals surface area contributed by atoms with E-state index >= 15 is 0 Å². The highest BCUT2D eigenvalue weighted by atomic mass is 32.1. The average molecular weight is 268 g/mol. The third kappa shape index (κ3) is 4.42. The zero-order valence-electron chi connectivity index (χ0n) is 11.5. The molecule has 2 unspecified atom stereocenters. The van der Waals surface area contributed by atoms with Gasteiger partial charge in [0, 0.05) is 11.3 Å². The number of amides is 1. The molecule has 4 heteroatoms. The Hall–Kier alpha value is -0.870. The van der Waals surface area contributed by atoms with Gasteiger partial charge in [-0.15, -0.1) is 11.3 Å². The first-order valence-corrected chi connectivity index (χ1v) is 7.49. The maximum absolute atomic E-state index is 12.0. The van der Waals surface area contributed by atoms with Crippen LogP contribution in [0.3, 0.4) is 0 Å². The van der Waals surface area contributed by atoms with E-state index in [1.165, 1.54) is 4.88 Å². The fourth-order valence-electron chi connectivity index (χ4n) is 1.92. The predicted octanol–water partition coefficient (Wildman–Crippen LogP) is 2.94. The summed E-state index contributed by atoms with van der Waals surface area (Å²) >= 11 is 1.69. The van der Waals surface area contributed by atoms with E-state index in [0.717, 1.165) is 6.42 Å². The molecule has 3 nitrogen and oxygen atoms in total. The van der Waals surface area contributed by atoms with Crippen LogP contribution < -0.4 is 11.1 Å². The molecule has 0 aliphatic heterocycles. The van der Waals surface area contributed by atoms with Gasteiger partial charge in [-0.25, -0.2) is 0 Å². The molecule has 1 rings (SSSR count). The summed E-state index contributed by atoms with van der Waals surface area (Å²) in [6, 6.07) is 4.22. The standard InChI is InChI=1S/C14H24N2OS/c1-4-11(9-15)8-13(17)16-14(10(2)3)12-6-5-7-18-12/h5-7,10-11,14H,4,8-9,15H2,1-3H3,(H,16,17). The highest BCUT2D eigenvalue weighted by Gasteiger charge is 2.20. The van der Waals surface area contributed by atoms with Crippen LogP contribution in [0.2, 0.25) is 0 Å². The van der Waals surface area contributed by atoms with Crippen molar-refractivity contribution in [3.8, 4) is 0 Å². The van der Waals surface area contributed by atoms with E-state index in [2.05, 4.69) is 32.2 Å². The Kier molecular flexibility index (Phi) is 6.36. The first-order valence-electron chi connectivity index (χ1n) is 6.61. The van der Waals surface area contributed by atoms with Crippen molar-refractivity contribution in [2.75, 3.05) is 6.54 Å². The van der Waals surface area contributed by atoms with Crippen LogP contribution in [0.5, 0.6) is 0 Å². The molecule has 0 saturated heterocycles. The van der Waals surface area contributed by atoms with Gasteiger partial charge in [-0.1, -0.05) is 33.3 Å². The van der Waals surface area contributed by atoms with Gasteiger partial charge in [0.2, 0.25) is 5.91 Å². The van der Waals surface area contributed by atoms with Crippen molar-refractivity contribution in [3.05, 3.63) is 22.4 Å². The SMILES string of the molecule is CCC(CN)CC(=O)NC(c1cccs1)C(C)C. The summed E-state index contributed by atoms with van der Waals surface area (Å²) in [6.07, 6.45) is 1.48. The predicted molar refractivity (Wildman–Crippen MR) is 77.5 cm³/mol. The molecule has 0 saturated carbocycles. The maximum atomic E-state index is 12.0. The zero-order chi connectivity index (χ0) is 13.5. The van der Waals surface area contributed by atoms with Gasteiger partial charge in [0.05, 0.1) is 6.04 Å². The number of nitrogens with two attached hydrogens (primary N) is 1. The van der Waals surface area contributed by atoms with Crippen LogP contribution in [0.4, 0.5) is 0 Å². The van der Waals surface area contributed by atoms with Crippen molar-refractivity contribution < 1.29 is 4.79 Å². The van der Waals surface area contributed by atoms with E-state index in [1.807, 2.05) is 11.4 Å². The number of carbonyl (C=O) groups is 1. The number of nitrogens with one attached hydrogen (secondary N) is 1. The third-order valence-corrected chi connectivity index (χ3v) is 4.17. The molecule has 0 bridgehead atoms. The van der Waals surface area contributed by atoms with Crippen LogP contribution in [-0.2, 0) is 4.79 Å². The number of rotatable bonds is 7. The van der Waals surface area contributed by atoms with Gasteiger partial charge < -0.3 is 11.1 Å². The monoisotopic (exact) mass is 268 g/mol. The second-order valence-electron chi connectivity index (χ2n) is 5.02. The molecule has 1 amide bonds. The van der Waals surface area contributed by atoms with Crippen LogP contribution in [0.1, 0.15) is 44.5 Å². The van der Waals surface area contributed by atoms with E-state index in [-0.39, 0.29) is 11.9 Å². The highest BCUT2D eigenvalue weighted by Crippen LogP contribution is 2.26.